The van der Waals surface area contributed by atoms with Crippen LogP contribution in [-0.2, 0) is 35.7 Å². The molecule has 4 rings (SSSR count). The van der Waals surface area contributed by atoms with Crippen molar-refractivity contribution in [3.63, 3.8) is 0 Å². The summed E-state index contributed by atoms with van der Waals surface area (Å²) < 4.78 is 36.6. The molecule has 2 amide bonds. The third-order valence-corrected chi connectivity index (χ3v) is 7.10. The monoisotopic (exact) mass is 513 g/mol. The fourth-order valence-corrected chi connectivity index (χ4v) is 4.99. The number of nitrogens with zero attached hydrogens (tertiary/aromatic N) is 2. The van der Waals surface area contributed by atoms with Gasteiger partial charge < -0.3 is 14.8 Å². The number of ether oxygens (including phenoxy) is 2. The van der Waals surface area contributed by atoms with Crippen LogP contribution in [0.4, 0.5) is 10.5 Å². The molecule has 2 aromatic rings. The van der Waals surface area contributed by atoms with Gasteiger partial charge in [-0.25, -0.2) is 18.0 Å². The maximum atomic E-state index is 12.8. The van der Waals surface area contributed by atoms with Crippen LogP contribution in [-0.4, -0.2) is 68.7 Å². The van der Waals surface area contributed by atoms with E-state index >= 15 is 0 Å². The summed E-state index contributed by atoms with van der Waals surface area (Å²) in [6.07, 6.45) is 1.68. The van der Waals surface area contributed by atoms with E-state index in [9.17, 15) is 22.8 Å². The normalized spacial score (nSPS) is 20.1. The highest BCUT2D eigenvalue weighted by Crippen LogP contribution is 2.30. The number of nitrogens with one attached hydrogen (secondary N) is 1. The van der Waals surface area contributed by atoms with Gasteiger partial charge in [-0.05, 0) is 28.8 Å². The summed E-state index contributed by atoms with van der Waals surface area (Å²) in [6, 6.07) is 15.0. The Bertz CT molecular complexity index is 1280. The highest BCUT2D eigenvalue weighted by atomic mass is 32.2. The molecule has 2 heterocycles. The molecule has 2 aliphatic rings. The first kappa shape index (κ1) is 25.4. The molecule has 1 saturated heterocycles. The zero-order valence-corrected chi connectivity index (χ0v) is 20.7. The van der Waals surface area contributed by atoms with E-state index < -0.39 is 34.2 Å². The molecular weight excluding hydrogens is 486 g/mol. The maximum Gasteiger partial charge on any atom is 0.414 e. The van der Waals surface area contributed by atoms with Crippen LogP contribution in [0.5, 0.6) is 0 Å². The van der Waals surface area contributed by atoms with E-state index in [1.54, 1.807) is 30.3 Å². The van der Waals surface area contributed by atoms with Gasteiger partial charge in [-0.15, -0.1) is 0 Å². The molecule has 0 aliphatic carbocycles. The van der Waals surface area contributed by atoms with Crippen LogP contribution in [0.3, 0.4) is 0 Å². The summed E-state index contributed by atoms with van der Waals surface area (Å²) in [5.41, 5.74) is 2.77. The first-order chi connectivity index (χ1) is 17.1. The zero-order chi connectivity index (χ0) is 25.9. The van der Waals surface area contributed by atoms with E-state index in [1.165, 1.54) is 11.8 Å². The molecule has 0 radical (unpaired) electrons. The fraction of sp³-hybridized carbons (Fsp3) is 0.320. The SMILES string of the molecule is CC(=O)NC[C@H]1CN(c2ccc(C3=C[C@@H](C(=O)OCc4ccccc4)N(S(C)(=O)=O)C3)cc2)C(=O)O1. The molecule has 11 heteroatoms. The van der Waals surface area contributed by atoms with Gasteiger partial charge in [0.2, 0.25) is 15.9 Å². The Morgan fingerprint density at radius 3 is 2.44 bits per heavy atom. The average Bonchev–Trinajstić information content (AvgIpc) is 3.46. The van der Waals surface area contributed by atoms with Crippen LogP contribution in [0.2, 0.25) is 0 Å². The quantitative estimate of drug-likeness (QED) is 0.535. The van der Waals surface area contributed by atoms with Gasteiger partial charge in [0.05, 0.1) is 19.3 Å². The number of hydrogen-bond donors (Lipinski definition) is 1. The second-order valence-electron chi connectivity index (χ2n) is 8.64. The number of hydrogen-bond acceptors (Lipinski definition) is 7. The van der Waals surface area contributed by atoms with E-state index in [-0.39, 0.29) is 25.6 Å². The van der Waals surface area contributed by atoms with Gasteiger partial charge >= 0.3 is 12.1 Å². The number of anilines is 1. The number of carbonyl (C=O) groups is 3. The summed E-state index contributed by atoms with van der Waals surface area (Å²) in [5.74, 6) is -0.856. The lowest BCUT2D eigenvalue weighted by Crippen LogP contribution is -2.41. The van der Waals surface area contributed by atoms with Crippen molar-refractivity contribution in [2.45, 2.75) is 25.7 Å². The van der Waals surface area contributed by atoms with Gasteiger partial charge in [0.1, 0.15) is 18.8 Å². The van der Waals surface area contributed by atoms with Gasteiger partial charge in [0.25, 0.3) is 0 Å². The lowest BCUT2D eigenvalue weighted by molar-refractivity contribution is -0.147. The van der Waals surface area contributed by atoms with Crippen LogP contribution in [0, 0.1) is 0 Å². The molecular formula is C25H27N3O7S. The summed E-state index contributed by atoms with van der Waals surface area (Å²) >= 11 is 0. The summed E-state index contributed by atoms with van der Waals surface area (Å²) in [6.45, 7) is 1.97. The van der Waals surface area contributed by atoms with Gasteiger partial charge in [0, 0.05) is 19.2 Å². The average molecular weight is 514 g/mol. The molecule has 1 fully saturated rings. The lowest BCUT2D eigenvalue weighted by atomic mass is 10.1. The maximum absolute atomic E-state index is 12.8. The number of amides is 2. The van der Waals surface area contributed by atoms with E-state index in [4.69, 9.17) is 9.47 Å². The van der Waals surface area contributed by atoms with Crippen molar-refractivity contribution >= 4 is 39.3 Å². The predicted octanol–water partition coefficient (Wildman–Crippen LogP) is 1.92. The van der Waals surface area contributed by atoms with Crippen molar-refractivity contribution in [3.8, 4) is 0 Å². The van der Waals surface area contributed by atoms with E-state index in [2.05, 4.69) is 5.32 Å². The molecule has 0 aromatic heterocycles. The lowest BCUT2D eigenvalue weighted by Gasteiger charge is -2.20. The van der Waals surface area contributed by atoms with Crippen LogP contribution in [0.1, 0.15) is 18.1 Å². The molecule has 2 aromatic carbocycles. The van der Waals surface area contributed by atoms with Gasteiger partial charge in [-0.3, -0.25) is 9.69 Å². The Labute approximate surface area is 209 Å². The second kappa shape index (κ2) is 10.5. The molecule has 0 unspecified atom stereocenters. The van der Waals surface area contributed by atoms with Crippen molar-refractivity contribution in [1.29, 1.82) is 0 Å². The highest BCUT2D eigenvalue weighted by molar-refractivity contribution is 7.88. The Kier molecular flexibility index (Phi) is 7.41. The number of rotatable bonds is 8. The van der Waals surface area contributed by atoms with Crippen molar-refractivity contribution < 1.29 is 32.3 Å². The van der Waals surface area contributed by atoms with E-state index in [0.29, 0.717) is 23.4 Å². The largest absolute Gasteiger partial charge is 0.459 e. The first-order valence-corrected chi connectivity index (χ1v) is 13.2. The van der Waals surface area contributed by atoms with Crippen molar-refractivity contribution in [2.24, 2.45) is 0 Å². The number of benzene rings is 2. The van der Waals surface area contributed by atoms with Crippen LogP contribution in [0.15, 0.2) is 60.7 Å². The summed E-state index contributed by atoms with van der Waals surface area (Å²) in [4.78, 5) is 37.6. The van der Waals surface area contributed by atoms with Gasteiger partial charge in [0.15, 0.2) is 0 Å². The molecule has 0 saturated carbocycles. The Hall–Kier alpha value is -3.70. The zero-order valence-electron chi connectivity index (χ0n) is 19.9. The minimum absolute atomic E-state index is 0.0217. The Morgan fingerprint density at radius 2 is 1.81 bits per heavy atom. The standard InChI is InChI=1S/C25H27N3O7S/c1-17(29)26-13-22-15-27(25(31)35-22)21-10-8-19(9-11-21)20-12-23(28(14-20)36(2,32)33)24(30)34-16-18-6-4-3-5-7-18/h3-12,22-23H,13-16H2,1-2H3,(H,26,29)/t22-,23-/m0/s1. The highest BCUT2D eigenvalue weighted by Gasteiger charge is 2.38. The number of sulfonamides is 1. The van der Waals surface area contributed by atoms with Crippen molar-refractivity contribution in [1.82, 2.24) is 9.62 Å². The van der Waals surface area contributed by atoms with Gasteiger partial charge in [-0.1, -0.05) is 48.5 Å². The molecule has 0 bridgehead atoms. The fourth-order valence-electron chi connectivity index (χ4n) is 4.06. The Morgan fingerprint density at radius 1 is 1.11 bits per heavy atom. The number of esters is 1. The van der Waals surface area contributed by atoms with Gasteiger partial charge in [-0.2, -0.15) is 4.31 Å². The molecule has 1 N–H and O–H groups in total. The molecule has 0 spiro atoms. The van der Waals surface area contributed by atoms with E-state index in [1.807, 2.05) is 30.3 Å². The molecule has 2 aliphatic heterocycles. The first-order valence-electron chi connectivity index (χ1n) is 11.3. The third-order valence-electron chi connectivity index (χ3n) is 5.89. The number of cyclic esters (lactones) is 1. The second-order valence-corrected chi connectivity index (χ2v) is 10.6. The van der Waals surface area contributed by atoms with Crippen molar-refractivity contribution in [3.05, 3.63) is 71.8 Å². The molecule has 190 valence electrons. The van der Waals surface area contributed by atoms with Crippen LogP contribution >= 0.6 is 0 Å². The van der Waals surface area contributed by atoms with Crippen LogP contribution < -0.4 is 10.2 Å². The smallest absolute Gasteiger partial charge is 0.414 e. The summed E-state index contributed by atoms with van der Waals surface area (Å²) in [7, 11) is -3.69. The number of carbonyl (C=O) groups excluding carboxylic acids is 3. The minimum atomic E-state index is -3.69. The predicted molar refractivity (Wildman–Crippen MR) is 132 cm³/mol. The minimum Gasteiger partial charge on any atom is -0.459 e. The van der Waals surface area contributed by atoms with Crippen molar-refractivity contribution in [2.75, 3.05) is 30.8 Å². The van der Waals surface area contributed by atoms with Crippen LogP contribution in [0.25, 0.3) is 5.57 Å². The molecule has 2 atom stereocenters. The Balaban J connectivity index is 1.46. The van der Waals surface area contributed by atoms with E-state index in [0.717, 1.165) is 16.1 Å². The third kappa shape index (κ3) is 5.92. The topological polar surface area (TPSA) is 122 Å². The summed E-state index contributed by atoms with van der Waals surface area (Å²) in [5, 5.41) is 2.63. The molecule has 36 heavy (non-hydrogen) atoms. The molecule has 10 nitrogen and oxygen atoms in total.